The first kappa shape index (κ1) is 15.8. The summed E-state index contributed by atoms with van der Waals surface area (Å²) in [5, 5.41) is 3.76. The first-order valence-corrected chi connectivity index (χ1v) is 9.17. The second-order valence-electron chi connectivity index (χ2n) is 5.19. The van der Waals surface area contributed by atoms with Crippen molar-refractivity contribution in [3.8, 4) is 11.5 Å². The molecule has 1 aromatic carbocycles. The summed E-state index contributed by atoms with van der Waals surface area (Å²) in [5.74, 6) is 1.85. The molecule has 2 aromatic rings. The zero-order chi connectivity index (χ0) is 16.3. The molecule has 0 spiro atoms. The Hall–Kier alpha value is -2.09. The summed E-state index contributed by atoms with van der Waals surface area (Å²) in [7, 11) is -3.46. The minimum atomic E-state index is -3.46. The van der Waals surface area contributed by atoms with E-state index in [4.69, 9.17) is 14.0 Å². The van der Waals surface area contributed by atoms with E-state index >= 15 is 0 Å². The number of sulfone groups is 1. The monoisotopic (exact) mass is 338 g/mol. The minimum absolute atomic E-state index is 0.0992. The number of hydrogen-bond acceptors (Lipinski definition) is 7. The number of rotatable bonds is 5. The second kappa shape index (κ2) is 6.57. The van der Waals surface area contributed by atoms with Gasteiger partial charge in [0.2, 0.25) is 5.89 Å². The van der Waals surface area contributed by atoms with Gasteiger partial charge in [-0.05, 0) is 12.1 Å². The smallest absolute Gasteiger partial charge is 0.227 e. The SMILES string of the molecule is CCc1noc(CCS(=O)(=O)c2ccc3c(c2)OCCCO3)n1. The topological polar surface area (TPSA) is 91.5 Å². The molecule has 8 heteroatoms. The second-order valence-corrected chi connectivity index (χ2v) is 7.29. The van der Waals surface area contributed by atoms with Crippen molar-refractivity contribution in [1.29, 1.82) is 0 Å². The van der Waals surface area contributed by atoms with Gasteiger partial charge >= 0.3 is 0 Å². The van der Waals surface area contributed by atoms with Gasteiger partial charge in [-0.25, -0.2) is 8.42 Å². The largest absolute Gasteiger partial charge is 0.490 e. The van der Waals surface area contributed by atoms with Crippen LogP contribution in [0.5, 0.6) is 11.5 Å². The van der Waals surface area contributed by atoms with Gasteiger partial charge in [0, 0.05) is 25.3 Å². The molecule has 0 N–H and O–H groups in total. The maximum absolute atomic E-state index is 12.5. The van der Waals surface area contributed by atoms with Gasteiger partial charge in [-0.3, -0.25) is 0 Å². The van der Waals surface area contributed by atoms with E-state index in [9.17, 15) is 8.42 Å². The van der Waals surface area contributed by atoms with Crippen molar-refractivity contribution in [1.82, 2.24) is 10.1 Å². The molecule has 3 rings (SSSR count). The molecule has 0 saturated carbocycles. The van der Waals surface area contributed by atoms with Crippen LogP contribution in [0.1, 0.15) is 25.1 Å². The molecule has 23 heavy (non-hydrogen) atoms. The van der Waals surface area contributed by atoms with E-state index in [0.29, 0.717) is 42.8 Å². The Morgan fingerprint density at radius 2 is 1.96 bits per heavy atom. The zero-order valence-corrected chi connectivity index (χ0v) is 13.6. The van der Waals surface area contributed by atoms with Crippen LogP contribution in [0.4, 0.5) is 0 Å². The third-order valence-corrected chi connectivity index (χ3v) is 5.20. The Balaban J connectivity index is 1.75. The van der Waals surface area contributed by atoms with Crippen LogP contribution < -0.4 is 9.47 Å². The molecule has 0 atom stereocenters. The average Bonchev–Trinajstić information content (AvgIpc) is 2.89. The zero-order valence-electron chi connectivity index (χ0n) is 12.8. The molecule has 1 aromatic heterocycles. The first-order valence-electron chi connectivity index (χ1n) is 7.52. The van der Waals surface area contributed by atoms with Gasteiger partial charge in [0.25, 0.3) is 0 Å². The van der Waals surface area contributed by atoms with Gasteiger partial charge in [0.05, 0.1) is 23.9 Å². The minimum Gasteiger partial charge on any atom is -0.490 e. The summed E-state index contributed by atoms with van der Waals surface area (Å²) in [6.07, 6.45) is 1.61. The van der Waals surface area contributed by atoms with E-state index < -0.39 is 9.84 Å². The van der Waals surface area contributed by atoms with E-state index in [0.717, 1.165) is 6.42 Å². The molecule has 2 heterocycles. The molecule has 0 aliphatic carbocycles. The number of aryl methyl sites for hydroxylation is 2. The van der Waals surface area contributed by atoms with Crippen LogP contribution in [0, 0.1) is 0 Å². The molecule has 0 radical (unpaired) electrons. The molecule has 0 bridgehead atoms. The summed E-state index contributed by atoms with van der Waals surface area (Å²) in [6, 6.07) is 4.69. The lowest BCUT2D eigenvalue weighted by molar-refractivity contribution is 0.297. The molecule has 0 unspecified atom stereocenters. The number of nitrogens with zero attached hydrogens (tertiary/aromatic N) is 2. The van der Waals surface area contributed by atoms with Crippen molar-refractivity contribution in [3.05, 3.63) is 29.9 Å². The van der Waals surface area contributed by atoms with Crippen LogP contribution in [0.15, 0.2) is 27.6 Å². The molecule has 0 amide bonds. The van der Waals surface area contributed by atoms with Gasteiger partial charge in [-0.2, -0.15) is 4.98 Å². The Bertz CT molecular complexity index is 785. The van der Waals surface area contributed by atoms with Gasteiger partial charge in [0.15, 0.2) is 27.2 Å². The number of fused-ring (bicyclic) bond motifs is 1. The molecule has 7 nitrogen and oxygen atoms in total. The Kier molecular flexibility index (Phi) is 4.51. The summed E-state index contributed by atoms with van der Waals surface area (Å²) in [6.45, 7) is 2.98. The number of aromatic nitrogens is 2. The fraction of sp³-hybridized carbons (Fsp3) is 0.467. The molecule has 124 valence electrons. The highest BCUT2D eigenvalue weighted by Crippen LogP contribution is 2.32. The molecule has 0 saturated heterocycles. The molecule has 1 aliphatic heterocycles. The van der Waals surface area contributed by atoms with Crippen molar-refractivity contribution < 1.29 is 22.4 Å². The lowest BCUT2D eigenvalue weighted by atomic mass is 10.3. The van der Waals surface area contributed by atoms with Gasteiger partial charge in [0.1, 0.15) is 0 Å². The molecule has 0 fully saturated rings. The van der Waals surface area contributed by atoms with Crippen molar-refractivity contribution in [2.24, 2.45) is 0 Å². The first-order chi connectivity index (χ1) is 11.1. The summed E-state index contributed by atoms with van der Waals surface area (Å²) in [4.78, 5) is 4.33. The Morgan fingerprint density at radius 3 is 2.70 bits per heavy atom. The van der Waals surface area contributed by atoms with Crippen LogP contribution in [0.25, 0.3) is 0 Å². The third kappa shape index (κ3) is 3.64. The lowest BCUT2D eigenvalue weighted by Gasteiger charge is -2.09. The number of ether oxygens (including phenoxy) is 2. The van der Waals surface area contributed by atoms with Crippen molar-refractivity contribution in [3.63, 3.8) is 0 Å². The fourth-order valence-electron chi connectivity index (χ4n) is 2.21. The molecule has 1 aliphatic rings. The normalized spacial score (nSPS) is 14.5. The summed E-state index contributed by atoms with van der Waals surface area (Å²) >= 11 is 0. The van der Waals surface area contributed by atoms with Gasteiger partial charge in [-0.1, -0.05) is 12.1 Å². The highest BCUT2D eigenvalue weighted by Gasteiger charge is 2.20. The van der Waals surface area contributed by atoms with Gasteiger partial charge in [-0.15, -0.1) is 0 Å². The van der Waals surface area contributed by atoms with Crippen LogP contribution >= 0.6 is 0 Å². The van der Waals surface area contributed by atoms with Crippen LogP contribution in [0.3, 0.4) is 0 Å². The molecular weight excluding hydrogens is 320 g/mol. The van der Waals surface area contributed by atoms with Gasteiger partial charge < -0.3 is 14.0 Å². The van der Waals surface area contributed by atoms with Crippen molar-refractivity contribution in [2.75, 3.05) is 19.0 Å². The Morgan fingerprint density at radius 1 is 1.17 bits per heavy atom. The number of benzene rings is 1. The fourth-order valence-corrected chi connectivity index (χ4v) is 3.45. The van der Waals surface area contributed by atoms with E-state index in [2.05, 4.69) is 10.1 Å². The third-order valence-electron chi connectivity index (χ3n) is 3.49. The highest BCUT2D eigenvalue weighted by molar-refractivity contribution is 7.91. The predicted octanol–water partition coefficient (Wildman–Crippen LogP) is 1.81. The van der Waals surface area contributed by atoms with Crippen molar-refractivity contribution in [2.45, 2.75) is 31.1 Å². The Labute approximate surface area is 134 Å². The predicted molar refractivity (Wildman–Crippen MR) is 81.5 cm³/mol. The lowest BCUT2D eigenvalue weighted by Crippen LogP contribution is -2.10. The summed E-state index contributed by atoms with van der Waals surface area (Å²) in [5.41, 5.74) is 0. The van der Waals surface area contributed by atoms with Crippen molar-refractivity contribution >= 4 is 9.84 Å². The standard InChI is InChI=1S/C15H18N2O5S/c1-2-14-16-15(22-17-14)6-9-23(18,19)11-4-5-12-13(10-11)21-8-3-7-20-12/h4-5,10H,2-3,6-9H2,1H3. The van der Waals surface area contributed by atoms with E-state index in [1.54, 1.807) is 6.07 Å². The number of hydrogen-bond donors (Lipinski definition) is 0. The van der Waals surface area contributed by atoms with E-state index in [1.807, 2.05) is 6.92 Å². The van der Waals surface area contributed by atoms with E-state index in [-0.39, 0.29) is 17.1 Å². The molecular formula is C15H18N2O5S. The average molecular weight is 338 g/mol. The highest BCUT2D eigenvalue weighted by atomic mass is 32.2. The van der Waals surface area contributed by atoms with Crippen LogP contribution in [-0.2, 0) is 22.7 Å². The maximum Gasteiger partial charge on any atom is 0.227 e. The quantitative estimate of drug-likeness (QED) is 0.821. The van der Waals surface area contributed by atoms with Crippen LogP contribution in [-0.4, -0.2) is 37.5 Å². The maximum atomic E-state index is 12.5. The summed E-state index contributed by atoms with van der Waals surface area (Å²) < 4.78 is 41.0. The van der Waals surface area contributed by atoms with Crippen LogP contribution in [0.2, 0.25) is 0 Å². The van der Waals surface area contributed by atoms with E-state index in [1.165, 1.54) is 12.1 Å².